The minimum absolute atomic E-state index is 0.236. The quantitative estimate of drug-likeness (QED) is 0.754. The standard InChI is InChI=1S/C13H14F3N5S/c1-6-3-4-8(9(22)5-6)7(2)18-12-20-10(13(14,15)16)19-11(17)21-12/h3-5,7,22H,1-2H3,(H3,17,18,19,20,21). The molecule has 9 heteroatoms. The Morgan fingerprint density at radius 2 is 1.91 bits per heavy atom. The molecule has 0 aliphatic rings. The highest BCUT2D eigenvalue weighted by atomic mass is 32.1. The number of benzene rings is 1. The van der Waals surface area contributed by atoms with Gasteiger partial charge >= 0.3 is 6.18 Å². The van der Waals surface area contributed by atoms with Gasteiger partial charge < -0.3 is 11.1 Å². The smallest absolute Gasteiger partial charge is 0.368 e. The van der Waals surface area contributed by atoms with Crippen molar-refractivity contribution < 1.29 is 13.2 Å². The summed E-state index contributed by atoms with van der Waals surface area (Å²) < 4.78 is 38.0. The molecule has 1 aromatic heterocycles. The van der Waals surface area contributed by atoms with Gasteiger partial charge in [0.2, 0.25) is 17.7 Å². The Balaban J connectivity index is 2.28. The third-order valence-electron chi connectivity index (χ3n) is 2.90. The van der Waals surface area contributed by atoms with Crippen molar-refractivity contribution in [2.24, 2.45) is 0 Å². The first-order valence-corrected chi connectivity index (χ1v) is 6.76. The molecule has 0 amide bonds. The lowest BCUT2D eigenvalue weighted by molar-refractivity contribution is -0.144. The number of aromatic nitrogens is 3. The summed E-state index contributed by atoms with van der Waals surface area (Å²) >= 11 is 4.36. The van der Waals surface area contributed by atoms with E-state index < -0.39 is 17.9 Å². The Bertz CT molecular complexity index is 690. The molecular formula is C13H14F3N5S. The number of halogens is 3. The molecule has 0 saturated carbocycles. The van der Waals surface area contributed by atoms with Gasteiger partial charge in [-0.25, -0.2) is 0 Å². The van der Waals surface area contributed by atoms with Crippen LogP contribution in [-0.4, -0.2) is 15.0 Å². The fraction of sp³-hybridized carbons (Fsp3) is 0.308. The van der Waals surface area contributed by atoms with E-state index in [0.717, 1.165) is 16.0 Å². The molecule has 0 bridgehead atoms. The molecule has 0 aliphatic carbocycles. The van der Waals surface area contributed by atoms with Gasteiger partial charge in [0.1, 0.15) is 0 Å². The van der Waals surface area contributed by atoms with Gasteiger partial charge in [-0.1, -0.05) is 17.7 Å². The van der Waals surface area contributed by atoms with E-state index in [4.69, 9.17) is 5.73 Å². The zero-order chi connectivity index (χ0) is 16.5. The maximum absolute atomic E-state index is 12.7. The number of hydrogen-bond acceptors (Lipinski definition) is 6. The third-order valence-corrected chi connectivity index (χ3v) is 3.29. The third kappa shape index (κ3) is 3.79. The molecule has 2 rings (SSSR count). The maximum Gasteiger partial charge on any atom is 0.451 e. The molecule has 1 unspecified atom stereocenters. The highest BCUT2D eigenvalue weighted by Crippen LogP contribution is 2.28. The second-order valence-electron chi connectivity index (χ2n) is 4.77. The minimum atomic E-state index is -4.69. The summed E-state index contributed by atoms with van der Waals surface area (Å²) in [6, 6.07) is 5.23. The first-order chi connectivity index (χ1) is 10.2. The molecule has 0 saturated heterocycles. The lowest BCUT2D eigenvalue weighted by Gasteiger charge is -2.17. The normalized spacial score (nSPS) is 13.0. The van der Waals surface area contributed by atoms with E-state index in [9.17, 15) is 13.2 Å². The lowest BCUT2D eigenvalue weighted by atomic mass is 10.1. The zero-order valence-electron chi connectivity index (χ0n) is 11.8. The van der Waals surface area contributed by atoms with Crippen LogP contribution in [0, 0.1) is 6.92 Å². The van der Waals surface area contributed by atoms with E-state index in [0.29, 0.717) is 0 Å². The first kappa shape index (κ1) is 16.3. The second kappa shape index (κ2) is 5.99. The van der Waals surface area contributed by atoms with Crippen LogP contribution in [0.15, 0.2) is 23.1 Å². The summed E-state index contributed by atoms with van der Waals surface area (Å²) in [4.78, 5) is 10.8. The molecule has 118 valence electrons. The molecule has 3 N–H and O–H groups in total. The van der Waals surface area contributed by atoms with Gasteiger partial charge in [-0.05, 0) is 25.5 Å². The van der Waals surface area contributed by atoms with Crippen LogP contribution < -0.4 is 11.1 Å². The molecule has 1 heterocycles. The predicted molar refractivity (Wildman–Crippen MR) is 79.7 cm³/mol. The van der Waals surface area contributed by atoms with Crippen molar-refractivity contribution in [2.45, 2.75) is 31.0 Å². The highest BCUT2D eigenvalue weighted by molar-refractivity contribution is 7.80. The van der Waals surface area contributed by atoms with Crippen molar-refractivity contribution in [3.63, 3.8) is 0 Å². The topological polar surface area (TPSA) is 76.7 Å². The van der Waals surface area contributed by atoms with Gasteiger partial charge in [-0.15, -0.1) is 12.6 Å². The molecular weight excluding hydrogens is 315 g/mol. The Labute approximate surface area is 130 Å². The van der Waals surface area contributed by atoms with E-state index in [1.807, 2.05) is 25.1 Å². The highest BCUT2D eigenvalue weighted by Gasteiger charge is 2.35. The maximum atomic E-state index is 12.7. The number of nitrogens with zero attached hydrogens (tertiary/aromatic N) is 3. The molecule has 0 aliphatic heterocycles. The summed E-state index contributed by atoms with van der Waals surface area (Å²) in [6.45, 7) is 3.68. The monoisotopic (exact) mass is 329 g/mol. The van der Waals surface area contributed by atoms with E-state index >= 15 is 0 Å². The van der Waals surface area contributed by atoms with E-state index in [1.54, 1.807) is 6.92 Å². The summed E-state index contributed by atoms with van der Waals surface area (Å²) in [5, 5.41) is 2.78. The van der Waals surface area contributed by atoms with Crippen LogP contribution in [0.25, 0.3) is 0 Å². The molecule has 0 radical (unpaired) electrons. The SMILES string of the molecule is Cc1ccc(C(C)Nc2nc(N)nc(C(F)(F)F)n2)c(S)c1. The number of thiol groups is 1. The van der Waals surface area contributed by atoms with E-state index in [1.165, 1.54) is 0 Å². The number of nitrogen functional groups attached to an aromatic ring is 1. The minimum Gasteiger partial charge on any atom is -0.368 e. The van der Waals surface area contributed by atoms with Crippen molar-refractivity contribution in [3.8, 4) is 0 Å². The molecule has 1 atom stereocenters. The van der Waals surface area contributed by atoms with Gasteiger partial charge in [0.25, 0.3) is 0 Å². The van der Waals surface area contributed by atoms with Crippen molar-refractivity contribution in [1.82, 2.24) is 15.0 Å². The summed E-state index contributed by atoms with van der Waals surface area (Å²) in [6.07, 6.45) is -4.69. The summed E-state index contributed by atoms with van der Waals surface area (Å²) in [7, 11) is 0. The van der Waals surface area contributed by atoms with Crippen molar-refractivity contribution >= 4 is 24.5 Å². The number of anilines is 2. The average molecular weight is 329 g/mol. The molecule has 0 spiro atoms. The molecule has 22 heavy (non-hydrogen) atoms. The molecule has 2 aromatic rings. The molecule has 1 aromatic carbocycles. The van der Waals surface area contributed by atoms with Crippen LogP contribution in [0.4, 0.5) is 25.1 Å². The summed E-state index contributed by atoms with van der Waals surface area (Å²) in [5.41, 5.74) is 7.14. The number of hydrogen-bond donors (Lipinski definition) is 3. The van der Waals surface area contributed by atoms with Crippen LogP contribution in [-0.2, 0) is 6.18 Å². The van der Waals surface area contributed by atoms with Gasteiger partial charge in [-0.3, -0.25) is 0 Å². The van der Waals surface area contributed by atoms with Gasteiger partial charge in [-0.2, -0.15) is 28.1 Å². The predicted octanol–water partition coefficient (Wildman–Crippen LogP) is 3.24. The second-order valence-corrected chi connectivity index (χ2v) is 5.25. The Hall–Kier alpha value is -2.03. The number of alkyl halides is 3. The van der Waals surface area contributed by atoms with E-state index in [2.05, 4.69) is 32.9 Å². The number of aryl methyl sites for hydroxylation is 1. The fourth-order valence-corrected chi connectivity index (χ4v) is 2.35. The molecule has 5 nitrogen and oxygen atoms in total. The first-order valence-electron chi connectivity index (χ1n) is 6.31. The zero-order valence-corrected chi connectivity index (χ0v) is 12.7. The van der Waals surface area contributed by atoms with Gasteiger partial charge in [0.15, 0.2) is 0 Å². The Kier molecular flexibility index (Phi) is 4.45. The number of nitrogens with two attached hydrogens (primary N) is 1. The molecule has 0 fully saturated rings. The fourth-order valence-electron chi connectivity index (χ4n) is 1.87. The van der Waals surface area contributed by atoms with Crippen LogP contribution in [0.2, 0.25) is 0 Å². The van der Waals surface area contributed by atoms with Gasteiger partial charge in [0.05, 0.1) is 6.04 Å². The lowest BCUT2D eigenvalue weighted by Crippen LogP contribution is -2.18. The number of rotatable bonds is 3. The largest absolute Gasteiger partial charge is 0.451 e. The Morgan fingerprint density at radius 3 is 2.50 bits per heavy atom. The average Bonchev–Trinajstić information content (AvgIpc) is 2.36. The summed E-state index contributed by atoms with van der Waals surface area (Å²) in [5.74, 6) is -2.06. The van der Waals surface area contributed by atoms with E-state index in [-0.39, 0.29) is 12.0 Å². The van der Waals surface area contributed by atoms with Crippen molar-refractivity contribution in [1.29, 1.82) is 0 Å². The van der Waals surface area contributed by atoms with Crippen LogP contribution in [0.3, 0.4) is 0 Å². The van der Waals surface area contributed by atoms with Gasteiger partial charge in [0, 0.05) is 4.90 Å². The van der Waals surface area contributed by atoms with Crippen LogP contribution >= 0.6 is 12.6 Å². The van der Waals surface area contributed by atoms with Crippen molar-refractivity contribution in [2.75, 3.05) is 11.1 Å². The van der Waals surface area contributed by atoms with Crippen LogP contribution in [0.1, 0.15) is 29.9 Å². The van der Waals surface area contributed by atoms with Crippen LogP contribution in [0.5, 0.6) is 0 Å². The number of nitrogens with one attached hydrogen (secondary N) is 1. The van der Waals surface area contributed by atoms with Crippen molar-refractivity contribution in [3.05, 3.63) is 35.2 Å². The Morgan fingerprint density at radius 1 is 1.23 bits per heavy atom.